The highest BCUT2D eigenvalue weighted by Gasteiger charge is 2.27. The molecule has 0 bridgehead atoms. The van der Waals surface area contributed by atoms with Gasteiger partial charge in [0.25, 0.3) is 0 Å². The standard InChI is InChI=1S/C17H28N2O/c1-3-19(13-15-8-7-11-18-12-15)14-17(2,20)16-9-5-4-6-10-16/h4-6,9-10,15,18,20H,3,7-8,11-14H2,1-2H3. The molecule has 1 saturated heterocycles. The molecule has 0 radical (unpaired) electrons. The maximum Gasteiger partial charge on any atom is 0.0994 e. The molecule has 0 spiro atoms. The van der Waals surface area contributed by atoms with E-state index in [1.807, 2.05) is 37.3 Å². The van der Waals surface area contributed by atoms with E-state index < -0.39 is 5.60 Å². The summed E-state index contributed by atoms with van der Waals surface area (Å²) in [5, 5.41) is 14.2. The van der Waals surface area contributed by atoms with E-state index in [9.17, 15) is 5.11 Å². The van der Waals surface area contributed by atoms with Crippen molar-refractivity contribution in [3.05, 3.63) is 35.9 Å². The zero-order chi connectivity index (χ0) is 14.4. The van der Waals surface area contributed by atoms with E-state index in [1.54, 1.807) is 0 Å². The summed E-state index contributed by atoms with van der Waals surface area (Å²) in [6.45, 7) is 9.13. The first-order valence-corrected chi connectivity index (χ1v) is 7.83. The Morgan fingerprint density at radius 3 is 2.70 bits per heavy atom. The Hall–Kier alpha value is -0.900. The largest absolute Gasteiger partial charge is 0.384 e. The van der Waals surface area contributed by atoms with Crippen molar-refractivity contribution >= 4 is 0 Å². The van der Waals surface area contributed by atoms with E-state index in [1.165, 1.54) is 12.8 Å². The highest BCUT2D eigenvalue weighted by molar-refractivity contribution is 5.21. The number of rotatable bonds is 6. The summed E-state index contributed by atoms with van der Waals surface area (Å²) in [7, 11) is 0. The highest BCUT2D eigenvalue weighted by Crippen LogP contribution is 2.22. The number of likely N-dealkylation sites (N-methyl/N-ethyl adjacent to an activating group) is 1. The molecule has 0 saturated carbocycles. The third kappa shape index (κ3) is 4.30. The van der Waals surface area contributed by atoms with Gasteiger partial charge in [-0.1, -0.05) is 37.3 Å². The van der Waals surface area contributed by atoms with Crippen LogP contribution in [0.5, 0.6) is 0 Å². The van der Waals surface area contributed by atoms with Gasteiger partial charge in [0, 0.05) is 13.1 Å². The molecule has 3 nitrogen and oxygen atoms in total. The minimum Gasteiger partial charge on any atom is -0.384 e. The predicted octanol–water partition coefficient (Wildman–Crippen LogP) is 2.22. The average Bonchev–Trinajstić information content (AvgIpc) is 2.48. The second-order valence-corrected chi connectivity index (χ2v) is 6.18. The van der Waals surface area contributed by atoms with Crippen molar-refractivity contribution in [1.29, 1.82) is 0 Å². The lowest BCUT2D eigenvalue weighted by molar-refractivity contribution is 0.0119. The summed E-state index contributed by atoms with van der Waals surface area (Å²) in [6, 6.07) is 9.99. The second kappa shape index (κ2) is 7.21. The Bertz CT molecular complexity index is 385. The Morgan fingerprint density at radius 1 is 1.35 bits per heavy atom. The van der Waals surface area contributed by atoms with Crippen LogP contribution in [0.4, 0.5) is 0 Å². The van der Waals surface area contributed by atoms with Gasteiger partial charge in [-0.2, -0.15) is 0 Å². The lowest BCUT2D eigenvalue weighted by atomic mass is 9.94. The molecule has 2 rings (SSSR count). The third-order valence-electron chi connectivity index (χ3n) is 4.29. The fourth-order valence-electron chi connectivity index (χ4n) is 3.07. The van der Waals surface area contributed by atoms with E-state index in [2.05, 4.69) is 17.1 Å². The molecule has 1 fully saturated rings. The van der Waals surface area contributed by atoms with Crippen molar-refractivity contribution in [2.24, 2.45) is 5.92 Å². The lowest BCUT2D eigenvalue weighted by Crippen LogP contribution is -2.44. The van der Waals surface area contributed by atoms with Crippen molar-refractivity contribution in [3.63, 3.8) is 0 Å². The van der Waals surface area contributed by atoms with Gasteiger partial charge in [0.15, 0.2) is 0 Å². The zero-order valence-corrected chi connectivity index (χ0v) is 12.8. The van der Waals surface area contributed by atoms with Crippen molar-refractivity contribution in [3.8, 4) is 0 Å². The summed E-state index contributed by atoms with van der Waals surface area (Å²) in [4.78, 5) is 2.38. The Kier molecular flexibility index (Phi) is 5.58. The Balaban J connectivity index is 1.94. The van der Waals surface area contributed by atoms with Gasteiger partial charge < -0.3 is 15.3 Å². The van der Waals surface area contributed by atoms with Crippen LogP contribution < -0.4 is 5.32 Å². The maximum absolute atomic E-state index is 10.8. The van der Waals surface area contributed by atoms with Gasteiger partial charge in [0.05, 0.1) is 5.60 Å². The molecule has 1 aliphatic rings. The van der Waals surface area contributed by atoms with E-state index >= 15 is 0 Å². The third-order valence-corrected chi connectivity index (χ3v) is 4.29. The molecule has 20 heavy (non-hydrogen) atoms. The minimum atomic E-state index is -0.778. The van der Waals surface area contributed by atoms with Crippen LogP contribution in [0.2, 0.25) is 0 Å². The topological polar surface area (TPSA) is 35.5 Å². The maximum atomic E-state index is 10.8. The smallest absolute Gasteiger partial charge is 0.0994 e. The molecule has 2 N–H and O–H groups in total. The molecule has 0 aliphatic carbocycles. The average molecular weight is 276 g/mol. The normalized spacial score (nSPS) is 22.7. The highest BCUT2D eigenvalue weighted by atomic mass is 16.3. The van der Waals surface area contributed by atoms with Gasteiger partial charge in [0.1, 0.15) is 0 Å². The molecule has 1 aromatic carbocycles. The van der Waals surface area contributed by atoms with E-state index in [0.29, 0.717) is 6.54 Å². The Labute approximate surface area is 123 Å². The molecule has 3 heteroatoms. The number of nitrogens with one attached hydrogen (secondary N) is 1. The van der Waals surface area contributed by atoms with Crippen LogP contribution in [0, 0.1) is 5.92 Å². The van der Waals surface area contributed by atoms with E-state index in [-0.39, 0.29) is 0 Å². The molecule has 0 aromatic heterocycles. The minimum absolute atomic E-state index is 0.698. The van der Waals surface area contributed by atoms with Crippen LogP contribution in [0.25, 0.3) is 0 Å². The van der Waals surface area contributed by atoms with Crippen LogP contribution in [0.3, 0.4) is 0 Å². The number of piperidine rings is 1. The number of benzene rings is 1. The molecule has 1 aromatic rings. The van der Waals surface area contributed by atoms with Crippen molar-refractivity contribution < 1.29 is 5.11 Å². The Morgan fingerprint density at radius 2 is 2.10 bits per heavy atom. The van der Waals surface area contributed by atoms with E-state index in [4.69, 9.17) is 0 Å². The van der Waals surface area contributed by atoms with Crippen LogP contribution in [0.1, 0.15) is 32.3 Å². The van der Waals surface area contributed by atoms with Crippen LogP contribution in [-0.2, 0) is 5.60 Å². The zero-order valence-electron chi connectivity index (χ0n) is 12.8. The van der Waals surface area contributed by atoms with Crippen molar-refractivity contribution in [2.75, 3.05) is 32.7 Å². The number of nitrogens with zero attached hydrogens (tertiary/aromatic N) is 1. The second-order valence-electron chi connectivity index (χ2n) is 6.18. The first-order valence-electron chi connectivity index (χ1n) is 7.83. The van der Waals surface area contributed by atoms with Crippen LogP contribution in [0.15, 0.2) is 30.3 Å². The molecule has 112 valence electrons. The van der Waals surface area contributed by atoms with Gasteiger partial charge >= 0.3 is 0 Å². The molecular weight excluding hydrogens is 248 g/mol. The van der Waals surface area contributed by atoms with E-state index in [0.717, 1.165) is 37.7 Å². The SMILES string of the molecule is CCN(CC1CCCNC1)CC(C)(O)c1ccccc1. The molecule has 1 aliphatic heterocycles. The molecule has 1 heterocycles. The fraction of sp³-hybridized carbons (Fsp3) is 0.647. The van der Waals surface area contributed by atoms with Crippen LogP contribution >= 0.6 is 0 Å². The van der Waals surface area contributed by atoms with Crippen LogP contribution in [-0.4, -0.2) is 42.7 Å². The van der Waals surface area contributed by atoms with Gasteiger partial charge in [-0.25, -0.2) is 0 Å². The monoisotopic (exact) mass is 276 g/mol. The summed E-state index contributed by atoms with van der Waals surface area (Å²) in [5.74, 6) is 0.718. The summed E-state index contributed by atoms with van der Waals surface area (Å²) < 4.78 is 0. The molecular formula is C17H28N2O. The van der Waals surface area contributed by atoms with Gasteiger partial charge in [-0.05, 0) is 50.9 Å². The predicted molar refractivity (Wildman–Crippen MR) is 83.7 cm³/mol. The first kappa shape index (κ1) is 15.5. The number of hydrogen-bond acceptors (Lipinski definition) is 3. The molecule has 2 atom stereocenters. The summed E-state index contributed by atoms with van der Waals surface area (Å²) >= 11 is 0. The fourth-order valence-corrected chi connectivity index (χ4v) is 3.07. The number of aliphatic hydroxyl groups is 1. The number of hydrogen-bond donors (Lipinski definition) is 2. The van der Waals surface area contributed by atoms with Crippen molar-refractivity contribution in [1.82, 2.24) is 10.2 Å². The lowest BCUT2D eigenvalue weighted by Gasteiger charge is -2.34. The first-order chi connectivity index (χ1) is 9.62. The van der Waals surface area contributed by atoms with Gasteiger partial charge in [0.2, 0.25) is 0 Å². The molecule has 2 unspecified atom stereocenters. The van der Waals surface area contributed by atoms with Crippen molar-refractivity contribution in [2.45, 2.75) is 32.3 Å². The van der Waals surface area contributed by atoms with Gasteiger partial charge in [-0.3, -0.25) is 0 Å². The quantitative estimate of drug-likeness (QED) is 0.836. The summed E-state index contributed by atoms with van der Waals surface area (Å²) in [6.07, 6.45) is 2.58. The summed E-state index contributed by atoms with van der Waals surface area (Å²) in [5.41, 5.74) is 0.222. The van der Waals surface area contributed by atoms with Gasteiger partial charge in [-0.15, -0.1) is 0 Å². The molecule has 0 amide bonds.